The second-order valence-corrected chi connectivity index (χ2v) is 26.8. The first-order valence-electron chi connectivity index (χ1n) is 35.7. The summed E-state index contributed by atoms with van der Waals surface area (Å²) >= 11 is 0. The van der Waals surface area contributed by atoms with Gasteiger partial charge in [0.05, 0.1) is 26.1 Å². The van der Waals surface area contributed by atoms with Gasteiger partial charge in [0.1, 0.15) is 18.2 Å². The summed E-state index contributed by atoms with van der Waals surface area (Å²) in [5, 5.41) is 26.1. The number of halogens is 1. The minimum atomic E-state index is -0.968. The monoisotopic (exact) mass is 1410 g/mol. The van der Waals surface area contributed by atoms with Crippen LogP contribution in [0.5, 0.6) is 0 Å². The van der Waals surface area contributed by atoms with Crippen molar-refractivity contribution in [1.82, 2.24) is 55.5 Å². The maximum absolute atomic E-state index is 12.5. The number of carboxylic acid groups (broad SMARTS) is 2. The smallest absolute Gasteiger partial charge is 0.323 e. The average molecular weight is 1410 g/mol. The third-order valence-corrected chi connectivity index (χ3v) is 17.1. The van der Waals surface area contributed by atoms with E-state index in [0.717, 1.165) is 138 Å². The predicted octanol–water partition coefficient (Wildman–Crippen LogP) is 8.42. The zero-order chi connectivity index (χ0) is 73.0. The summed E-state index contributed by atoms with van der Waals surface area (Å²) in [5.41, 5.74) is 23.1. The second-order valence-electron chi connectivity index (χ2n) is 26.8. The standard InChI is InChI=1S/C19H29N3O2.C18H26N4O4.C18H28N4O2.C15H20N2O3.C4H11N.ClH/c1-4-14(2)21-18(23)13-22(17-8-9-17)19(24)7-5-6-16-10-11-20-15(3)12-16;1-12(9-18(25)26)21-16(23)11-22(14-5-6-14)17(24)4-2-3-13-7-8-20-15(19)10-13;1-3-13(2)21-17(23)12-22(15-7-8-15)18(24)6-4-5-14-9-10-20-16(19)11-14;1-11-9-12(7-8-16-11)3-2-4-14(18)17(10-15(19)20)13-5-6-13;1-3-4(2)5;/h10-12,14,17H,4-9,13H2,1-3H3,(H,21,23);7-8,10,12,14H,2-6,9,11H2,1H3,(H2,19,20)(H,21,23)(H,25,26);9-11,13,15H,3-8,12H2,1-2H3,(H2,19,20)(H,21,23);7-9,13H,2-6,10H2,1H3,(H,19,20);4H,3,5H2,1-2H3;1H/t14-;;13-;;;/m1.1.../s1. The van der Waals surface area contributed by atoms with Crippen molar-refractivity contribution < 1.29 is 53.4 Å². The highest BCUT2D eigenvalue weighted by Crippen LogP contribution is 2.30. The molecule has 4 aromatic rings. The van der Waals surface area contributed by atoms with Crippen molar-refractivity contribution in [3.8, 4) is 0 Å². The normalized spacial score (nSPS) is 14.5. The molecule has 0 bridgehead atoms. The van der Waals surface area contributed by atoms with Crippen LogP contribution >= 0.6 is 12.4 Å². The van der Waals surface area contributed by atoms with Crippen LogP contribution in [-0.4, -0.2) is 178 Å². The molecule has 4 heterocycles. The van der Waals surface area contributed by atoms with Crippen LogP contribution in [0.4, 0.5) is 11.6 Å². The van der Waals surface area contributed by atoms with Gasteiger partial charge in [0, 0.05) is 110 Å². The minimum absolute atomic E-state index is 0. The first kappa shape index (κ1) is 85.9. The number of carboxylic acids is 2. The third kappa shape index (κ3) is 37.2. The van der Waals surface area contributed by atoms with Gasteiger partial charge in [-0.2, -0.15) is 0 Å². The summed E-state index contributed by atoms with van der Waals surface area (Å²) < 4.78 is 0. The number of hydrogen-bond donors (Lipinski definition) is 8. The lowest BCUT2D eigenvalue weighted by atomic mass is 10.1. The molecule has 25 nitrogen and oxygen atoms in total. The first-order chi connectivity index (χ1) is 47.2. The van der Waals surface area contributed by atoms with Crippen molar-refractivity contribution >= 4 is 77.3 Å². The van der Waals surface area contributed by atoms with Crippen LogP contribution in [0.2, 0.25) is 0 Å². The maximum Gasteiger partial charge on any atom is 0.323 e. The van der Waals surface area contributed by atoms with Crippen molar-refractivity contribution in [3.63, 3.8) is 0 Å². The highest BCUT2D eigenvalue weighted by Gasteiger charge is 2.37. The number of rotatable bonds is 36. The lowest BCUT2D eigenvalue weighted by Gasteiger charge is -2.23. The fourth-order valence-corrected chi connectivity index (χ4v) is 10.5. The molecule has 4 saturated carbocycles. The molecule has 0 aromatic carbocycles. The number of hydrogen-bond acceptors (Lipinski definition) is 16. The van der Waals surface area contributed by atoms with Gasteiger partial charge in [-0.1, -0.05) is 20.8 Å². The number of nitrogens with zero attached hydrogens (tertiary/aromatic N) is 8. The van der Waals surface area contributed by atoms with E-state index < -0.39 is 18.0 Å². The largest absolute Gasteiger partial charge is 0.481 e. The number of nitrogens with two attached hydrogens (primary N) is 3. The quantitative estimate of drug-likeness (QED) is 0.0212. The van der Waals surface area contributed by atoms with Gasteiger partial charge in [-0.15, -0.1) is 12.4 Å². The molecule has 4 fully saturated rings. The lowest BCUT2D eigenvalue weighted by Crippen LogP contribution is -2.44. The molecule has 11 N–H and O–H groups in total. The number of amides is 7. The Morgan fingerprint density at radius 1 is 0.440 bits per heavy atom. The van der Waals surface area contributed by atoms with E-state index >= 15 is 0 Å². The van der Waals surface area contributed by atoms with Gasteiger partial charge < -0.3 is 63.0 Å². The molecule has 0 saturated heterocycles. The van der Waals surface area contributed by atoms with Crippen LogP contribution in [0.25, 0.3) is 0 Å². The topological polar surface area (TPSA) is 373 Å². The van der Waals surface area contributed by atoms with E-state index in [1.165, 1.54) is 16.0 Å². The number of nitrogen functional groups attached to an aromatic ring is 2. The Labute approximate surface area is 598 Å². The van der Waals surface area contributed by atoms with Crippen LogP contribution in [0.1, 0.15) is 211 Å². The summed E-state index contributed by atoms with van der Waals surface area (Å²) in [6.07, 6.45) is 25.2. The van der Waals surface area contributed by atoms with E-state index in [2.05, 4.69) is 48.9 Å². The Bertz CT molecular complexity index is 3100. The van der Waals surface area contributed by atoms with Gasteiger partial charge in [0.25, 0.3) is 0 Å². The van der Waals surface area contributed by atoms with Gasteiger partial charge >= 0.3 is 11.9 Å². The molecular weight excluding hydrogens is 1300 g/mol. The van der Waals surface area contributed by atoms with E-state index in [9.17, 15) is 43.2 Å². The molecule has 0 radical (unpaired) electrons. The number of carbonyl (C=O) groups excluding carboxylic acids is 7. The lowest BCUT2D eigenvalue weighted by molar-refractivity contribution is -0.145. The van der Waals surface area contributed by atoms with E-state index in [4.69, 9.17) is 27.4 Å². The number of aliphatic carboxylic acids is 2. The Hall–Kier alpha value is -8.32. The SMILES string of the molecule is CC(CC(=O)O)NC(=O)CN(C(=O)CCCc1ccnc(N)c1)C1CC1.CCC(C)N.CC[C@@H](C)NC(=O)CN(C(=O)CCCc1ccnc(C)c1)C1CC1.CC[C@@H](C)NC(=O)CN(C(=O)CCCc1ccnc(N)c1)C1CC1.Cc1cc(CCCC(=O)N(CC(=O)O)C2CC2)ccn1.Cl. The minimum Gasteiger partial charge on any atom is -0.481 e. The summed E-state index contributed by atoms with van der Waals surface area (Å²) in [6, 6.07) is 16.4. The molecule has 4 aromatic heterocycles. The van der Waals surface area contributed by atoms with Crippen molar-refractivity contribution in [2.24, 2.45) is 5.73 Å². The Morgan fingerprint density at radius 2 is 0.710 bits per heavy atom. The number of anilines is 2. The highest BCUT2D eigenvalue weighted by atomic mass is 35.5. The van der Waals surface area contributed by atoms with Gasteiger partial charge in [-0.05, 0) is 234 Å². The van der Waals surface area contributed by atoms with E-state index in [-0.39, 0.29) is 123 Å². The molecule has 4 aliphatic rings. The van der Waals surface area contributed by atoms with Gasteiger partial charge in [0.15, 0.2) is 0 Å². The molecule has 2 unspecified atom stereocenters. The maximum atomic E-state index is 12.5. The second kappa shape index (κ2) is 46.2. The summed E-state index contributed by atoms with van der Waals surface area (Å²) in [6.45, 7) is 17.8. The Kier molecular flexibility index (Phi) is 39.7. The van der Waals surface area contributed by atoms with E-state index in [0.29, 0.717) is 49.8 Å². The number of aryl methyl sites for hydroxylation is 6. The van der Waals surface area contributed by atoms with Crippen LogP contribution in [-0.2, 0) is 68.8 Å². The van der Waals surface area contributed by atoms with Crippen molar-refractivity contribution in [3.05, 3.63) is 107 Å². The zero-order valence-corrected chi connectivity index (χ0v) is 61.4. The van der Waals surface area contributed by atoms with Gasteiger partial charge in [-0.25, -0.2) is 9.97 Å². The van der Waals surface area contributed by atoms with E-state index in [1.54, 1.807) is 46.3 Å². The number of aromatic nitrogens is 4. The molecule has 100 heavy (non-hydrogen) atoms. The third-order valence-electron chi connectivity index (χ3n) is 17.1. The van der Waals surface area contributed by atoms with Crippen molar-refractivity contribution in [1.29, 1.82) is 0 Å². The average Bonchev–Trinajstić information content (AvgIpc) is 1.55. The van der Waals surface area contributed by atoms with Crippen LogP contribution in [0, 0.1) is 13.8 Å². The fourth-order valence-electron chi connectivity index (χ4n) is 10.5. The molecule has 26 heteroatoms. The predicted molar refractivity (Wildman–Crippen MR) is 390 cm³/mol. The first-order valence-corrected chi connectivity index (χ1v) is 35.7. The summed E-state index contributed by atoms with van der Waals surface area (Å²) in [5.74, 6) is -1.29. The van der Waals surface area contributed by atoms with Gasteiger partial charge in [-0.3, -0.25) is 53.1 Å². The van der Waals surface area contributed by atoms with Crippen LogP contribution < -0.4 is 33.2 Å². The molecule has 8 rings (SSSR count). The van der Waals surface area contributed by atoms with Crippen LogP contribution in [0.15, 0.2) is 73.3 Å². The molecule has 554 valence electrons. The molecule has 0 aliphatic heterocycles. The highest BCUT2D eigenvalue weighted by molar-refractivity contribution is 5.87. The molecule has 4 atom stereocenters. The molecule has 4 aliphatic carbocycles. The van der Waals surface area contributed by atoms with Gasteiger partial charge in [0.2, 0.25) is 41.4 Å². The molecular formula is C74H115ClN14O11. The van der Waals surface area contributed by atoms with E-state index in [1.807, 2.05) is 91.1 Å². The molecule has 0 spiro atoms. The zero-order valence-electron chi connectivity index (χ0n) is 60.6. The van der Waals surface area contributed by atoms with Crippen molar-refractivity contribution in [2.45, 2.75) is 265 Å². The number of carbonyl (C=O) groups is 9. The van der Waals surface area contributed by atoms with Crippen molar-refractivity contribution in [2.75, 3.05) is 37.6 Å². The Morgan fingerprint density at radius 3 is 0.950 bits per heavy atom. The summed E-state index contributed by atoms with van der Waals surface area (Å²) in [4.78, 5) is 130. The number of nitrogens with one attached hydrogen (secondary N) is 3. The summed E-state index contributed by atoms with van der Waals surface area (Å²) in [7, 11) is 0. The fraction of sp³-hybridized carbons (Fsp3) is 0.608. The van der Waals surface area contributed by atoms with Crippen LogP contribution in [0.3, 0.4) is 0 Å². The Balaban J connectivity index is 0.000000338. The number of pyridine rings is 4. The molecule has 7 amide bonds.